The van der Waals surface area contributed by atoms with Crippen molar-refractivity contribution in [3.05, 3.63) is 48.3 Å². The highest BCUT2D eigenvalue weighted by molar-refractivity contribution is 7.91. The Kier molecular flexibility index (Phi) is 7.08. The van der Waals surface area contributed by atoms with Crippen LogP contribution in [-0.2, 0) is 14.6 Å². The van der Waals surface area contributed by atoms with Crippen LogP contribution in [0, 0.1) is 5.82 Å². The lowest BCUT2D eigenvalue weighted by Gasteiger charge is -2.29. The summed E-state index contributed by atoms with van der Waals surface area (Å²) in [6.07, 6.45) is 4.25. The average Bonchev–Trinajstić information content (AvgIpc) is 3.48. The van der Waals surface area contributed by atoms with E-state index >= 15 is 0 Å². The second-order valence-electron chi connectivity index (χ2n) is 7.97. The summed E-state index contributed by atoms with van der Waals surface area (Å²) in [6.45, 7) is 5.88. The zero-order valence-corrected chi connectivity index (χ0v) is 17.5. The minimum absolute atomic E-state index is 0.0189. The number of benzene rings is 1. The number of nitrogens with zero attached hydrogens (tertiary/aromatic N) is 2. The van der Waals surface area contributed by atoms with Gasteiger partial charge in [-0.05, 0) is 43.5 Å². The fraction of sp³-hybridized carbons (Fsp3) is 0.571. The Hall–Kier alpha value is -1.77. The summed E-state index contributed by atoms with van der Waals surface area (Å²) < 4.78 is 36.2. The van der Waals surface area contributed by atoms with Gasteiger partial charge in [-0.1, -0.05) is 18.2 Å². The molecule has 2 N–H and O–H groups in total. The third-order valence-corrected chi connectivity index (χ3v) is 7.43. The lowest BCUT2D eigenvalue weighted by atomic mass is 10.1. The van der Waals surface area contributed by atoms with Crippen LogP contribution in [0.2, 0.25) is 0 Å². The van der Waals surface area contributed by atoms with E-state index < -0.39 is 15.9 Å². The number of hydrogen-bond donors (Lipinski definition) is 1. The Bertz CT molecular complexity index is 814. The van der Waals surface area contributed by atoms with Crippen LogP contribution in [0.1, 0.15) is 30.7 Å². The van der Waals surface area contributed by atoms with E-state index in [2.05, 4.69) is 11.5 Å². The second kappa shape index (κ2) is 9.36. The summed E-state index contributed by atoms with van der Waals surface area (Å²) in [7, 11) is -3.01. The first-order chi connectivity index (χ1) is 13.8. The Balaban J connectivity index is 1.45. The molecule has 0 aromatic heterocycles. The molecule has 3 rings (SSSR count). The van der Waals surface area contributed by atoms with E-state index in [0.717, 1.165) is 31.5 Å². The first-order valence-corrected chi connectivity index (χ1v) is 12.0. The number of halogens is 1. The summed E-state index contributed by atoms with van der Waals surface area (Å²) in [5, 5.41) is 0. The molecule has 1 aromatic carbocycles. The van der Waals surface area contributed by atoms with Crippen LogP contribution < -0.4 is 5.73 Å². The van der Waals surface area contributed by atoms with E-state index in [1.54, 1.807) is 4.90 Å². The number of carbonyl (C=O) groups is 1. The van der Waals surface area contributed by atoms with Gasteiger partial charge in [-0.25, -0.2) is 12.8 Å². The largest absolute Gasteiger partial charge is 0.339 e. The van der Waals surface area contributed by atoms with Crippen LogP contribution in [-0.4, -0.2) is 73.9 Å². The molecule has 1 aromatic rings. The van der Waals surface area contributed by atoms with Crippen molar-refractivity contribution >= 4 is 15.7 Å². The minimum Gasteiger partial charge on any atom is -0.339 e. The summed E-state index contributed by atoms with van der Waals surface area (Å²) in [5.41, 5.74) is 7.24. The summed E-state index contributed by atoms with van der Waals surface area (Å²) in [4.78, 5) is 16.4. The molecule has 1 amide bonds. The number of amides is 1. The summed E-state index contributed by atoms with van der Waals surface area (Å²) in [6, 6.07) is 6.49. The first kappa shape index (κ1) is 21.9. The van der Waals surface area contributed by atoms with Crippen molar-refractivity contribution in [3.8, 4) is 0 Å². The lowest BCUT2D eigenvalue weighted by Crippen LogP contribution is -2.50. The number of hydrogen-bond acceptors (Lipinski definition) is 5. The van der Waals surface area contributed by atoms with Crippen LogP contribution >= 0.6 is 0 Å². The highest BCUT2D eigenvalue weighted by Crippen LogP contribution is 2.44. The zero-order valence-electron chi connectivity index (χ0n) is 16.7. The zero-order chi connectivity index (χ0) is 21.0. The van der Waals surface area contributed by atoms with Gasteiger partial charge in [0.05, 0.1) is 17.5 Å². The molecule has 2 aliphatic rings. The topological polar surface area (TPSA) is 83.7 Å². The monoisotopic (exact) mass is 423 g/mol. The van der Waals surface area contributed by atoms with Gasteiger partial charge < -0.3 is 10.6 Å². The number of nitrogens with two attached hydrogens (primary N) is 1. The molecule has 3 atom stereocenters. The normalized spacial score (nSPS) is 24.3. The van der Waals surface area contributed by atoms with Crippen molar-refractivity contribution in [2.24, 2.45) is 5.73 Å². The van der Waals surface area contributed by atoms with Crippen molar-refractivity contribution < 1.29 is 17.6 Å². The minimum atomic E-state index is -3.01. The van der Waals surface area contributed by atoms with Crippen molar-refractivity contribution in [3.63, 3.8) is 0 Å². The molecule has 29 heavy (non-hydrogen) atoms. The van der Waals surface area contributed by atoms with Crippen LogP contribution in [0.25, 0.3) is 0 Å². The van der Waals surface area contributed by atoms with Crippen molar-refractivity contribution in [1.82, 2.24) is 9.80 Å². The fourth-order valence-electron chi connectivity index (χ4n) is 4.02. The Morgan fingerprint density at radius 3 is 2.59 bits per heavy atom. The first-order valence-electron chi connectivity index (χ1n) is 10.2. The molecule has 1 aliphatic heterocycles. The quantitative estimate of drug-likeness (QED) is 0.609. The fourth-order valence-corrected chi connectivity index (χ4v) is 5.22. The van der Waals surface area contributed by atoms with E-state index in [0.29, 0.717) is 18.4 Å². The molecule has 2 fully saturated rings. The Morgan fingerprint density at radius 1 is 1.31 bits per heavy atom. The predicted octanol–water partition coefficient (Wildman–Crippen LogP) is 1.53. The van der Waals surface area contributed by atoms with Crippen molar-refractivity contribution in [2.75, 3.05) is 37.7 Å². The third-order valence-electron chi connectivity index (χ3n) is 5.82. The molecule has 1 aliphatic carbocycles. The molecular weight excluding hydrogens is 393 g/mol. The van der Waals surface area contributed by atoms with E-state index in [-0.39, 0.29) is 36.3 Å². The molecule has 8 heteroatoms. The van der Waals surface area contributed by atoms with Gasteiger partial charge in [-0.3, -0.25) is 9.69 Å². The molecule has 1 saturated heterocycles. The molecule has 6 nitrogen and oxygen atoms in total. The number of sulfone groups is 1. The van der Waals surface area contributed by atoms with E-state index in [9.17, 15) is 17.6 Å². The van der Waals surface area contributed by atoms with Gasteiger partial charge >= 0.3 is 0 Å². The lowest BCUT2D eigenvalue weighted by molar-refractivity contribution is -0.132. The van der Waals surface area contributed by atoms with E-state index in [1.165, 1.54) is 12.1 Å². The second-order valence-corrected chi connectivity index (χ2v) is 10.3. The van der Waals surface area contributed by atoms with Crippen molar-refractivity contribution in [1.29, 1.82) is 0 Å². The van der Waals surface area contributed by atoms with Gasteiger partial charge in [-0.2, -0.15) is 0 Å². The summed E-state index contributed by atoms with van der Waals surface area (Å²) in [5.74, 6) is 0.0570. The highest BCUT2D eigenvalue weighted by Gasteiger charge is 2.42. The van der Waals surface area contributed by atoms with Gasteiger partial charge in [0, 0.05) is 31.6 Å². The van der Waals surface area contributed by atoms with Gasteiger partial charge in [0.1, 0.15) is 5.82 Å². The van der Waals surface area contributed by atoms with Gasteiger partial charge in [0.15, 0.2) is 9.84 Å². The molecular formula is C21H30FN3O3S. The van der Waals surface area contributed by atoms with Crippen LogP contribution in [0.5, 0.6) is 0 Å². The van der Waals surface area contributed by atoms with Crippen LogP contribution in [0.15, 0.2) is 36.9 Å². The molecule has 1 saturated carbocycles. The molecule has 0 bridgehead atoms. The smallest absolute Gasteiger partial charge is 0.239 e. The van der Waals surface area contributed by atoms with E-state index in [1.807, 2.05) is 18.2 Å². The average molecular weight is 424 g/mol. The number of rotatable bonds is 9. The molecule has 0 unspecified atom stereocenters. The van der Waals surface area contributed by atoms with E-state index in [4.69, 9.17) is 5.73 Å². The SMILES string of the molecule is C=CCN(CCC[C@H](N)C(=O)N1CCS(=O)(=O)CC1)[C@@H]1C[C@H]1c1ccc(F)cc1. The van der Waals surface area contributed by atoms with Crippen LogP contribution in [0.3, 0.4) is 0 Å². The van der Waals surface area contributed by atoms with Crippen LogP contribution in [0.4, 0.5) is 4.39 Å². The Labute approximate surface area is 172 Å². The third kappa shape index (κ3) is 5.87. The Morgan fingerprint density at radius 2 is 1.97 bits per heavy atom. The number of carbonyl (C=O) groups excluding carboxylic acids is 1. The maximum Gasteiger partial charge on any atom is 0.239 e. The molecule has 1 heterocycles. The molecule has 160 valence electrons. The molecule has 0 spiro atoms. The standard InChI is InChI=1S/C21H30FN3O3S/c1-2-9-24(20-15-18(20)16-5-7-17(22)8-6-16)10-3-4-19(23)21(26)25-11-13-29(27,28)14-12-25/h2,5-8,18-20H,1,3-4,9-15,23H2/t18-,19-,20+/m0/s1. The highest BCUT2D eigenvalue weighted by atomic mass is 32.2. The summed E-state index contributed by atoms with van der Waals surface area (Å²) >= 11 is 0. The maximum absolute atomic E-state index is 13.1. The van der Waals surface area contributed by atoms with Crippen molar-refractivity contribution in [2.45, 2.75) is 37.3 Å². The van der Waals surface area contributed by atoms with Gasteiger partial charge in [-0.15, -0.1) is 6.58 Å². The van der Waals surface area contributed by atoms with Gasteiger partial charge in [0.25, 0.3) is 0 Å². The predicted molar refractivity (Wildman–Crippen MR) is 112 cm³/mol. The van der Waals surface area contributed by atoms with Gasteiger partial charge in [0.2, 0.25) is 5.91 Å². The maximum atomic E-state index is 13.1. The molecule has 0 radical (unpaired) electrons.